The second kappa shape index (κ2) is 4.20. The number of nitrogens with zero attached hydrogens (tertiary/aromatic N) is 1. The fourth-order valence-corrected chi connectivity index (χ4v) is 2.99. The lowest BCUT2D eigenvalue weighted by atomic mass is 10.0. The van der Waals surface area contributed by atoms with Crippen LogP contribution < -0.4 is 0 Å². The lowest BCUT2D eigenvalue weighted by molar-refractivity contribution is -0.138. The van der Waals surface area contributed by atoms with E-state index in [4.69, 9.17) is 5.11 Å². The number of hydrogen-bond acceptors (Lipinski definition) is 5. The van der Waals surface area contributed by atoms with Gasteiger partial charge in [0.05, 0.1) is 0 Å². The molecule has 0 aliphatic carbocycles. The van der Waals surface area contributed by atoms with Crippen molar-refractivity contribution in [3.05, 3.63) is 23.8 Å². The van der Waals surface area contributed by atoms with Crippen LogP contribution in [-0.4, -0.2) is 37.1 Å². The van der Waals surface area contributed by atoms with E-state index in [-0.39, 0.29) is 11.5 Å². The first-order chi connectivity index (χ1) is 8.31. The van der Waals surface area contributed by atoms with Crippen LogP contribution in [0.4, 0.5) is 0 Å². The molecule has 96 valence electrons. The summed E-state index contributed by atoms with van der Waals surface area (Å²) in [6.45, 7) is 3.59. The minimum atomic E-state index is -0.985. The third kappa shape index (κ3) is 2.15. The van der Waals surface area contributed by atoms with Gasteiger partial charge >= 0.3 is 5.97 Å². The minimum absolute atomic E-state index is 0.0473. The molecule has 3 N–H and O–H groups in total. The molecule has 1 aromatic carbocycles. The summed E-state index contributed by atoms with van der Waals surface area (Å²) in [5, 5.41) is 28.5. The Hall–Kier alpha value is -1.69. The number of hydrogen-bond donors (Lipinski definition) is 3. The van der Waals surface area contributed by atoms with E-state index in [9.17, 15) is 15.0 Å². The predicted octanol–water partition coefficient (Wildman–Crippen LogP) is 1.82. The number of rotatable bonds is 2. The second-order valence-electron chi connectivity index (χ2n) is 4.58. The molecule has 0 radical (unpaired) electrons. The zero-order valence-corrected chi connectivity index (χ0v) is 10.7. The molecular formula is C12H13NO4S. The first kappa shape index (κ1) is 12.8. The SMILES string of the molecule is CC1(C)SC(c2ccc(O)cc2O)=N[C@H]1C(=O)O. The summed E-state index contributed by atoms with van der Waals surface area (Å²) in [5.74, 6) is -1.14. The van der Waals surface area contributed by atoms with Gasteiger partial charge in [-0.05, 0) is 26.0 Å². The summed E-state index contributed by atoms with van der Waals surface area (Å²) in [7, 11) is 0. The standard InChI is InChI=1S/C12H13NO4S/c1-12(2)9(11(16)17)13-10(18-12)7-4-3-6(14)5-8(7)15/h3-5,9,14-15H,1-2H3,(H,16,17)/t9-/m0/s1. The first-order valence-electron chi connectivity index (χ1n) is 5.33. The highest BCUT2D eigenvalue weighted by molar-refractivity contribution is 8.15. The maximum absolute atomic E-state index is 11.1. The number of thioether (sulfide) groups is 1. The molecule has 1 aromatic rings. The number of phenols is 2. The number of aliphatic imine (C=N–C) groups is 1. The summed E-state index contributed by atoms with van der Waals surface area (Å²) in [6, 6.07) is 3.32. The van der Waals surface area contributed by atoms with Crippen LogP contribution in [-0.2, 0) is 4.79 Å². The second-order valence-corrected chi connectivity index (χ2v) is 6.23. The van der Waals surface area contributed by atoms with Gasteiger partial charge in [-0.25, -0.2) is 4.79 Å². The smallest absolute Gasteiger partial charge is 0.329 e. The summed E-state index contributed by atoms with van der Waals surface area (Å²) < 4.78 is -0.564. The van der Waals surface area contributed by atoms with Gasteiger partial charge in [-0.3, -0.25) is 4.99 Å². The third-order valence-electron chi connectivity index (χ3n) is 2.71. The van der Waals surface area contributed by atoms with Crippen LogP contribution in [0.1, 0.15) is 19.4 Å². The Morgan fingerprint density at radius 2 is 2.06 bits per heavy atom. The quantitative estimate of drug-likeness (QED) is 0.760. The van der Waals surface area contributed by atoms with Crippen molar-refractivity contribution in [2.75, 3.05) is 0 Å². The maximum atomic E-state index is 11.1. The molecule has 0 bridgehead atoms. The lowest BCUT2D eigenvalue weighted by Crippen LogP contribution is -2.34. The summed E-state index contributed by atoms with van der Waals surface area (Å²) >= 11 is 1.30. The highest BCUT2D eigenvalue weighted by Crippen LogP contribution is 2.41. The van der Waals surface area contributed by atoms with Gasteiger partial charge in [0.25, 0.3) is 0 Å². The van der Waals surface area contributed by atoms with Crippen molar-refractivity contribution in [2.24, 2.45) is 4.99 Å². The van der Waals surface area contributed by atoms with Crippen molar-refractivity contribution in [2.45, 2.75) is 24.6 Å². The van der Waals surface area contributed by atoms with Crippen LogP contribution in [0.3, 0.4) is 0 Å². The van der Waals surface area contributed by atoms with Crippen molar-refractivity contribution in [3.63, 3.8) is 0 Å². The van der Waals surface area contributed by atoms with Gasteiger partial charge in [0.2, 0.25) is 0 Å². The van der Waals surface area contributed by atoms with E-state index in [0.717, 1.165) is 0 Å². The molecule has 0 saturated heterocycles. The summed E-state index contributed by atoms with van der Waals surface area (Å²) in [6.07, 6.45) is 0. The molecule has 1 aliphatic rings. The molecule has 0 saturated carbocycles. The van der Waals surface area contributed by atoms with Gasteiger partial charge in [-0.1, -0.05) is 11.8 Å². The predicted molar refractivity (Wildman–Crippen MR) is 69.4 cm³/mol. The van der Waals surface area contributed by atoms with Crippen molar-refractivity contribution >= 4 is 22.8 Å². The van der Waals surface area contributed by atoms with Crippen LogP contribution in [0.2, 0.25) is 0 Å². The third-order valence-corrected chi connectivity index (χ3v) is 3.98. The zero-order chi connectivity index (χ0) is 13.5. The number of carbonyl (C=O) groups is 1. The molecule has 18 heavy (non-hydrogen) atoms. The molecule has 1 heterocycles. The molecule has 5 nitrogen and oxygen atoms in total. The monoisotopic (exact) mass is 267 g/mol. The molecule has 2 rings (SSSR count). The van der Waals surface area contributed by atoms with E-state index in [2.05, 4.69) is 4.99 Å². The molecule has 6 heteroatoms. The zero-order valence-electron chi connectivity index (χ0n) is 9.91. The van der Waals surface area contributed by atoms with Crippen molar-refractivity contribution < 1.29 is 20.1 Å². The Morgan fingerprint density at radius 3 is 2.56 bits per heavy atom. The molecule has 0 amide bonds. The van der Waals surface area contributed by atoms with Gasteiger partial charge < -0.3 is 15.3 Å². The minimum Gasteiger partial charge on any atom is -0.508 e. The number of carboxylic acids is 1. The van der Waals surface area contributed by atoms with Gasteiger partial charge in [-0.2, -0.15) is 0 Å². The van der Waals surface area contributed by atoms with Crippen LogP contribution in [0.15, 0.2) is 23.2 Å². The Kier molecular flexibility index (Phi) is 2.98. The van der Waals surface area contributed by atoms with Crippen molar-refractivity contribution in [1.82, 2.24) is 0 Å². The van der Waals surface area contributed by atoms with Gasteiger partial charge in [-0.15, -0.1) is 0 Å². The normalized spacial score (nSPS) is 21.7. The van der Waals surface area contributed by atoms with Crippen molar-refractivity contribution in [1.29, 1.82) is 0 Å². The van der Waals surface area contributed by atoms with Crippen LogP contribution >= 0.6 is 11.8 Å². The fourth-order valence-electron chi connectivity index (χ4n) is 1.78. The van der Waals surface area contributed by atoms with E-state index in [1.54, 1.807) is 13.8 Å². The van der Waals surface area contributed by atoms with E-state index >= 15 is 0 Å². The Labute approximate surface area is 108 Å². The molecule has 1 aliphatic heterocycles. The van der Waals surface area contributed by atoms with Crippen LogP contribution in [0.5, 0.6) is 11.5 Å². The van der Waals surface area contributed by atoms with Gasteiger partial charge in [0, 0.05) is 16.4 Å². The first-order valence-corrected chi connectivity index (χ1v) is 6.15. The topological polar surface area (TPSA) is 90.1 Å². The molecule has 1 atom stereocenters. The van der Waals surface area contributed by atoms with Gasteiger partial charge in [0.15, 0.2) is 6.04 Å². The number of benzene rings is 1. The fraction of sp³-hybridized carbons (Fsp3) is 0.333. The van der Waals surface area contributed by atoms with Crippen molar-refractivity contribution in [3.8, 4) is 11.5 Å². The highest BCUT2D eigenvalue weighted by atomic mass is 32.2. The van der Waals surface area contributed by atoms with E-state index < -0.39 is 16.8 Å². The summed E-state index contributed by atoms with van der Waals surface area (Å²) in [4.78, 5) is 15.2. The van der Waals surface area contributed by atoms with Crippen LogP contribution in [0, 0.1) is 0 Å². The van der Waals surface area contributed by atoms with Gasteiger partial charge in [0.1, 0.15) is 16.5 Å². The average Bonchev–Trinajstić information content (AvgIpc) is 2.54. The Balaban J connectivity index is 2.41. The summed E-state index contributed by atoms with van der Waals surface area (Å²) in [5.41, 5.74) is 0.439. The Morgan fingerprint density at radius 1 is 1.39 bits per heavy atom. The molecule has 0 unspecified atom stereocenters. The van der Waals surface area contributed by atoms with E-state index in [1.165, 1.54) is 30.0 Å². The lowest BCUT2D eigenvalue weighted by Gasteiger charge is -2.20. The van der Waals surface area contributed by atoms with Crippen LogP contribution in [0.25, 0.3) is 0 Å². The number of phenolic OH excluding ortho intramolecular Hbond substituents is 2. The van der Waals surface area contributed by atoms with E-state index in [0.29, 0.717) is 10.6 Å². The molecular weight excluding hydrogens is 254 g/mol. The molecule has 0 spiro atoms. The molecule has 0 fully saturated rings. The van der Waals surface area contributed by atoms with E-state index in [1.807, 2.05) is 0 Å². The Bertz CT molecular complexity index is 539. The number of aliphatic carboxylic acids is 1. The molecule has 0 aromatic heterocycles. The largest absolute Gasteiger partial charge is 0.508 e. The number of aromatic hydroxyl groups is 2. The maximum Gasteiger partial charge on any atom is 0.329 e. The highest BCUT2D eigenvalue weighted by Gasteiger charge is 2.43. The number of carboxylic acid groups (broad SMARTS) is 1. The average molecular weight is 267 g/mol.